The average Bonchev–Trinajstić information content (AvgIpc) is 2.97. The summed E-state index contributed by atoms with van der Waals surface area (Å²) >= 11 is 0. The smallest absolute Gasteiger partial charge is 0.357 e. The van der Waals surface area contributed by atoms with Crippen LogP contribution in [0.5, 0.6) is 0 Å². The fraction of sp³-hybridized carbons (Fsp3) is 0.909. The molecule has 0 aliphatic heterocycles. The summed E-state index contributed by atoms with van der Waals surface area (Å²) in [5, 5.41) is 23.2. The highest BCUT2D eigenvalue weighted by Gasteiger charge is 2.32. The molecule has 9 heteroatoms. The molecule has 8 nitrogen and oxygen atoms in total. The average molecular weight is 619 g/mol. The van der Waals surface area contributed by atoms with Crippen LogP contribution >= 0.6 is 7.60 Å². The molecule has 0 spiro atoms. The Kier molecular flexibility index (Phi) is 28.5. The number of nitrogens with one attached hydrogen (secondary N) is 1. The number of rotatable bonds is 31. The summed E-state index contributed by atoms with van der Waals surface area (Å²) in [4.78, 5) is 22.5. The second-order valence-corrected chi connectivity index (χ2v) is 13.9. The van der Waals surface area contributed by atoms with Gasteiger partial charge in [-0.15, -0.1) is 0 Å². The number of carbonyl (C=O) groups is 1. The van der Waals surface area contributed by atoms with E-state index in [2.05, 4.69) is 19.2 Å². The van der Waals surface area contributed by atoms with Gasteiger partial charge in [0.05, 0.1) is 18.8 Å². The van der Waals surface area contributed by atoms with Gasteiger partial charge in [0.2, 0.25) is 5.91 Å². The van der Waals surface area contributed by atoms with Crippen molar-refractivity contribution in [1.29, 1.82) is 0 Å². The Morgan fingerprint density at radius 1 is 0.762 bits per heavy atom. The fourth-order valence-corrected chi connectivity index (χ4v) is 5.79. The van der Waals surface area contributed by atoms with Crippen molar-refractivity contribution in [2.45, 2.75) is 180 Å². The number of aliphatic hydroxyl groups is 2. The first-order chi connectivity index (χ1) is 20.3. The van der Waals surface area contributed by atoms with E-state index in [0.717, 1.165) is 38.5 Å². The number of allylic oxidation sites excluding steroid dienone is 1. The van der Waals surface area contributed by atoms with E-state index in [-0.39, 0.29) is 5.91 Å². The Balaban J connectivity index is 4.42. The molecule has 4 unspecified atom stereocenters. The molecule has 6 N–H and O–H groups in total. The Morgan fingerprint density at radius 2 is 1.19 bits per heavy atom. The van der Waals surface area contributed by atoms with E-state index in [1.165, 1.54) is 103 Å². The van der Waals surface area contributed by atoms with Crippen LogP contribution in [0.15, 0.2) is 12.2 Å². The minimum Gasteiger partial charge on any atom is -0.387 e. The number of unbranched alkanes of at least 4 members (excludes halogenated alkanes) is 20. The molecule has 0 aliphatic carbocycles. The molecule has 0 aromatic rings. The zero-order chi connectivity index (χ0) is 31.3. The van der Waals surface area contributed by atoms with Gasteiger partial charge in [-0.25, -0.2) is 0 Å². The van der Waals surface area contributed by atoms with Gasteiger partial charge in [0.25, 0.3) is 0 Å². The van der Waals surface area contributed by atoms with Crippen molar-refractivity contribution in [2.75, 3.05) is 13.2 Å². The molecule has 250 valence electrons. The quantitative estimate of drug-likeness (QED) is 0.0302. The highest BCUT2D eigenvalue weighted by molar-refractivity contribution is 7.53. The first kappa shape index (κ1) is 41.2. The van der Waals surface area contributed by atoms with E-state index < -0.39 is 38.7 Å². The third-order valence-corrected chi connectivity index (χ3v) is 9.33. The monoisotopic (exact) mass is 618 g/mol. The number of amides is 1. The molecule has 4 atom stereocenters. The topological polar surface area (TPSA) is 142 Å². The molecule has 0 aromatic heterocycles. The van der Waals surface area contributed by atoms with Crippen LogP contribution in [0.3, 0.4) is 0 Å². The molecule has 0 radical (unpaired) electrons. The van der Waals surface area contributed by atoms with E-state index in [0.29, 0.717) is 6.42 Å². The minimum absolute atomic E-state index is 0.229. The third kappa shape index (κ3) is 24.7. The fourth-order valence-electron chi connectivity index (χ4n) is 4.98. The largest absolute Gasteiger partial charge is 0.387 e. The van der Waals surface area contributed by atoms with Crippen molar-refractivity contribution in [3.8, 4) is 0 Å². The zero-order valence-electron chi connectivity index (χ0n) is 27.2. The zero-order valence-corrected chi connectivity index (χ0v) is 28.0. The van der Waals surface area contributed by atoms with Gasteiger partial charge in [-0.1, -0.05) is 148 Å². The summed E-state index contributed by atoms with van der Waals surface area (Å²) < 4.78 is 17.3. The lowest BCUT2D eigenvalue weighted by Crippen LogP contribution is -2.45. The lowest BCUT2D eigenvalue weighted by atomic mass is 10.0. The van der Waals surface area contributed by atoms with Crippen LogP contribution in [0.4, 0.5) is 0 Å². The van der Waals surface area contributed by atoms with Crippen LogP contribution in [-0.2, 0) is 13.9 Å². The van der Waals surface area contributed by atoms with Crippen LogP contribution in [0.25, 0.3) is 0 Å². The predicted octanol–water partition coefficient (Wildman–Crippen LogP) is 7.88. The molecular formula is C33H67N2O6P. The van der Waals surface area contributed by atoms with Gasteiger partial charge in [-0.05, 0) is 19.3 Å². The molecule has 0 rings (SSSR count). The van der Waals surface area contributed by atoms with E-state index in [9.17, 15) is 24.5 Å². The van der Waals surface area contributed by atoms with E-state index in [1.54, 1.807) is 6.08 Å². The van der Waals surface area contributed by atoms with Crippen LogP contribution in [-0.4, -0.2) is 52.2 Å². The van der Waals surface area contributed by atoms with Gasteiger partial charge in [-0.2, -0.15) is 0 Å². The highest BCUT2D eigenvalue weighted by Crippen LogP contribution is 2.45. The maximum Gasteiger partial charge on any atom is 0.357 e. The molecule has 0 bridgehead atoms. The van der Waals surface area contributed by atoms with Gasteiger partial charge < -0.3 is 30.7 Å². The molecule has 42 heavy (non-hydrogen) atoms. The Labute approximate surface area is 258 Å². The first-order valence-electron chi connectivity index (χ1n) is 17.3. The van der Waals surface area contributed by atoms with Crippen molar-refractivity contribution in [1.82, 2.24) is 5.32 Å². The van der Waals surface area contributed by atoms with Crippen molar-refractivity contribution in [3.63, 3.8) is 0 Å². The predicted molar refractivity (Wildman–Crippen MR) is 175 cm³/mol. The summed E-state index contributed by atoms with van der Waals surface area (Å²) in [6, 6.07) is -0.903. The second kappa shape index (κ2) is 29.0. The summed E-state index contributed by atoms with van der Waals surface area (Å²) in [5.74, 6) is -1.94. The number of aliphatic hydroxyl groups excluding tert-OH is 2. The van der Waals surface area contributed by atoms with Crippen LogP contribution < -0.4 is 11.1 Å². The lowest BCUT2D eigenvalue weighted by Gasteiger charge is -2.24. The molecule has 0 heterocycles. The number of nitrogens with two attached hydrogens (primary N) is 1. The molecule has 0 saturated carbocycles. The van der Waals surface area contributed by atoms with E-state index in [4.69, 9.17) is 10.3 Å². The molecule has 0 saturated heterocycles. The van der Waals surface area contributed by atoms with Crippen LogP contribution in [0.2, 0.25) is 0 Å². The van der Waals surface area contributed by atoms with E-state index in [1.807, 2.05) is 6.08 Å². The van der Waals surface area contributed by atoms with Gasteiger partial charge in [0, 0.05) is 13.0 Å². The van der Waals surface area contributed by atoms with Gasteiger partial charge in [-0.3, -0.25) is 9.36 Å². The SMILES string of the molecule is CCCCCCCCCCCCCC=CC(O)C(COP(=O)(O)C(O)CN)NC(=O)CCCCCCCCCCCC. The van der Waals surface area contributed by atoms with Gasteiger partial charge in [0.15, 0.2) is 5.85 Å². The summed E-state index contributed by atoms with van der Waals surface area (Å²) in [7, 11) is -4.38. The minimum atomic E-state index is -4.38. The molecule has 0 aromatic carbocycles. The summed E-state index contributed by atoms with van der Waals surface area (Å²) in [6.07, 6.45) is 29.3. The summed E-state index contributed by atoms with van der Waals surface area (Å²) in [5.41, 5.74) is 5.30. The Hall–Kier alpha value is -0.760. The maximum absolute atomic E-state index is 12.6. The van der Waals surface area contributed by atoms with Crippen LogP contribution in [0.1, 0.15) is 162 Å². The van der Waals surface area contributed by atoms with E-state index >= 15 is 0 Å². The van der Waals surface area contributed by atoms with Crippen molar-refractivity contribution < 1.29 is 29.0 Å². The lowest BCUT2D eigenvalue weighted by molar-refractivity contribution is -0.122. The van der Waals surface area contributed by atoms with Crippen molar-refractivity contribution in [3.05, 3.63) is 12.2 Å². The molecule has 0 aliphatic rings. The number of hydrogen-bond donors (Lipinski definition) is 5. The maximum atomic E-state index is 12.6. The second-order valence-electron chi connectivity index (χ2n) is 11.9. The van der Waals surface area contributed by atoms with Gasteiger partial charge >= 0.3 is 7.60 Å². The van der Waals surface area contributed by atoms with Crippen molar-refractivity contribution >= 4 is 13.5 Å². The highest BCUT2D eigenvalue weighted by atomic mass is 31.2. The van der Waals surface area contributed by atoms with Gasteiger partial charge in [0.1, 0.15) is 0 Å². The van der Waals surface area contributed by atoms with Crippen LogP contribution in [0, 0.1) is 0 Å². The normalized spacial score (nSPS) is 15.5. The Morgan fingerprint density at radius 3 is 1.64 bits per heavy atom. The summed E-state index contributed by atoms with van der Waals surface area (Å²) in [6.45, 7) is 3.64. The standard InChI is InChI=1S/C33H67N2O6P/c1-3-5-7-9-11-13-15-16-17-18-20-22-24-26-31(36)30(29-41-42(39,40)33(38)28-34)35-32(37)27-25-23-21-19-14-12-10-8-6-4-2/h24,26,30-31,33,36,38H,3-23,25,27-29,34H2,1-2H3,(H,35,37)(H,39,40). The molecular weight excluding hydrogens is 551 g/mol. The number of hydrogen-bond acceptors (Lipinski definition) is 6. The Bertz CT molecular complexity index is 693. The molecule has 0 fully saturated rings. The first-order valence-corrected chi connectivity index (χ1v) is 18.9. The van der Waals surface area contributed by atoms with Crippen molar-refractivity contribution in [2.24, 2.45) is 5.73 Å². The molecule has 1 amide bonds. The number of carbonyl (C=O) groups excluding carboxylic acids is 1. The third-order valence-electron chi connectivity index (χ3n) is 7.85.